The Hall–Kier alpha value is -2.62. The number of ether oxygens (including phenoxy) is 1. The van der Waals surface area contributed by atoms with E-state index in [1.165, 1.54) is 0 Å². The van der Waals surface area contributed by atoms with Crippen molar-refractivity contribution in [2.24, 2.45) is 0 Å². The van der Waals surface area contributed by atoms with Crippen LogP contribution in [0.25, 0.3) is 10.8 Å². The summed E-state index contributed by atoms with van der Waals surface area (Å²) in [7, 11) is 0. The number of benzene rings is 1. The number of H-pyrrole nitrogens is 1. The SMILES string of the molecule is O=c1[nH]ccc2c(OCc3cccnc3)cccc12. The molecule has 2 heterocycles. The summed E-state index contributed by atoms with van der Waals surface area (Å²) >= 11 is 0. The molecule has 0 amide bonds. The van der Waals surface area contributed by atoms with E-state index in [9.17, 15) is 4.79 Å². The predicted molar refractivity (Wildman–Crippen MR) is 73.1 cm³/mol. The van der Waals surface area contributed by atoms with Crippen molar-refractivity contribution in [2.75, 3.05) is 0 Å². The monoisotopic (exact) mass is 252 g/mol. The Morgan fingerprint density at radius 3 is 2.89 bits per heavy atom. The third-order valence-corrected chi connectivity index (χ3v) is 2.89. The van der Waals surface area contributed by atoms with Crippen molar-refractivity contribution in [1.82, 2.24) is 9.97 Å². The number of fused-ring (bicyclic) bond motifs is 1. The summed E-state index contributed by atoms with van der Waals surface area (Å²) < 4.78 is 5.77. The Kier molecular flexibility index (Phi) is 2.98. The lowest BCUT2D eigenvalue weighted by molar-refractivity contribution is 0.309. The molecule has 3 rings (SSSR count). The number of nitrogens with one attached hydrogen (secondary N) is 1. The van der Waals surface area contributed by atoms with Crippen LogP contribution < -0.4 is 10.3 Å². The fraction of sp³-hybridized carbons (Fsp3) is 0.0667. The van der Waals surface area contributed by atoms with Crippen molar-refractivity contribution in [2.45, 2.75) is 6.61 Å². The summed E-state index contributed by atoms with van der Waals surface area (Å²) in [4.78, 5) is 18.4. The number of nitrogens with zero attached hydrogens (tertiary/aromatic N) is 1. The molecule has 94 valence electrons. The highest BCUT2D eigenvalue weighted by molar-refractivity contribution is 5.87. The molecule has 2 aromatic heterocycles. The van der Waals surface area contributed by atoms with Crippen molar-refractivity contribution in [3.63, 3.8) is 0 Å². The van der Waals surface area contributed by atoms with E-state index in [0.717, 1.165) is 10.9 Å². The van der Waals surface area contributed by atoms with E-state index in [-0.39, 0.29) is 5.56 Å². The first-order valence-corrected chi connectivity index (χ1v) is 5.97. The lowest BCUT2D eigenvalue weighted by Crippen LogP contribution is -2.05. The number of aromatic nitrogens is 2. The zero-order valence-corrected chi connectivity index (χ0v) is 10.2. The largest absolute Gasteiger partial charge is 0.488 e. The fourth-order valence-corrected chi connectivity index (χ4v) is 1.96. The second-order valence-corrected chi connectivity index (χ2v) is 4.17. The highest BCUT2D eigenvalue weighted by Gasteiger charge is 2.04. The molecule has 0 radical (unpaired) electrons. The van der Waals surface area contributed by atoms with Crippen LogP contribution in [0, 0.1) is 0 Å². The van der Waals surface area contributed by atoms with Gasteiger partial charge in [0.25, 0.3) is 5.56 Å². The maximum atomic E-state index is 11.7. The van der Waals surface area contributed by atoms with Crippen LogP contribution in [0.4, 0.5) is 0 Å². The van der Waals surface area contributed by atoms with Crippen LogP contribution in [-0.2, 0) is 6.61 Å². The van der Waals surface area contributed by atoms with Gasteiger partial charge in [0.05, 0.1) is 5.39 Å². The van der Waals surface area contributed by atoms with Gasteiger partial charge in [-0.2, -0.15) is 0 Å². The van der Waals surface area contributed by atoms with E-state index in [0.29, 0.717) is 17.7 Å². The molecule has 4 heteroatoms. The summed E-state index contributed by atoms with van der Waals surface area (Å²) in [6.45, 7) is 0.430. The molecule has 0 fully saturated rings. The van der Waals surface area contributed by atoms with Gasteiger partial charge in [0.2, 0.25) is 0 Å². The minimum absolute atomic E-state index is 0.107. The van der Waals surface area contributed by atoms with Gasteiger partial charge in [-0.25, -0.2) is 0 Å². The van der Waals surface area contributed by atoms with Crippen molar-refractivity contribution in [1.29, 1.82) is 0 Å². The smallest absolute Gasteiger partial charge is 0.255 e. The average molecular weight is 252 g/mol. The van der Waals surface area contributed by atoms with Crippen molar-refractivity contribution in [3.05, 3.63) is 70.9 Å². The minimum atomic E-state index is -0.107. The molecule has 0 bridgehead atoms. The Balaban J connectivity index is 1.93. The molecule has 0 unspecified atom stereocenters. The van der Waals surface area contributed by atoms with Crippen LogP contribution in [0.1, 0.15) is 5.56 Å². The van der Waals surface area contributed by atoms with E-state index in [1.807, 2.05) is 30.3 Å². The third-order valence-electron chi connectivity index (χ3n) is 2.89. The molecule has 0 spiro atoms. The summed E-state index contributed by atoms with van der Waals surface area (Å²) in [5.41, 5.74) is 0.883. The topological polar surface area (TPSA) is 55.0 Å². The molecule has 0 saturated heterocycles. The second-order valence-electron chi connectivity index (χ2n) is 4.17. The molecule has 0 aliphatic rings. The van der Waals surface area contributed by atoms with Gasteiger partial charge in [0.15, 0.2) is 0 Å². The maximum Gasteiger partial charge on any atom is 0.255 e. The third kappa shape index (κ3) is 2.33. The zero-order valence-electron chi connectivity index (χ0n) is 10.2. The minimum Gasteiger partial charge on any atom is -0.488 e. The fourth-order valence-electron chi connectivity index (χ4n) is 1.96. The molecule has 4 nitrogen and oxygen atoms in total. The quantitative estimate of drug-likeness (QED) is 0.779. The average Bonchev–Trinajstić information content (AvgIpc) is 2.47. The highest BCUT2D eigenvalue weighted by atomic mass is 16.5. The molecule has 1 N–H and O–H groups in total. The molecule has 0 aliphatic heterocycles. The van der Waals surface area contributed by atoms with Crippen LogP contribution in [0.5, 0.6) is 5.75 Å². The highest BCUT2D eigenvalue weighted by Crippen LogP contribution is 2.23. The van der Waals surface area contributed by atoms with Crippen molar-refractivity contribution < 1.29 is 4.74 Å². The van der Waals surface area contributed by atoms with E-state index >= 15 is 0 Å². The Bertz CT molecular complexity index is 751. The van der Waals surface area contributed by atoms with Crippen molar-refractivity contribution in [3.8, 4) is 5.75 Å². The Morgan fingerprint density at radius 1 is 1.11 bits per heavy atom. The van der Waals surface area contributed by atoms with Crippen LogP contribution in [0.2, 0.25) is 0 Å². The number of pyridine rings is 2. The van der Waals surface area contributed by atoms with Crippen molar-refractivity contribution >= 4 is 10.8 Å². The Morgan fingerprint density at radius 2 is 2.05 bits per heavy atom. The van der Waals surface area contributed by atoms with Gasteiger partial charge in [0, 0.05) is 29.5 Å². The molecule has 1 aromatic carbocycles. The number of aromatic amines is 1. The predicted octanol–water partition coefficient (Wildman–Crippen LogP) is 2.50. The van der Waals surface area contributed by atoms with Gasteiger partial charge >= 0.3 is 0 Å². The van der Waals surface area contributed by atoms with Crippen LogP contribution >= 0.6 is 0 Å². The molecule has 3 aromatic rings. The standard InChI is InChI=1S/C15H12N2O2/c18-15-13-4-1-5-14(12(13)6-8-17-15)19-10-11-3-2-7-16-9-11/h1-9H,10H2,(H,17,18). The zero-order chi connectivity index (χ0) is 13.1. The van der Waals surface area contributed by atoms with Gasteiger partial charge in [-0.3, -0.25) is 9.78 Å². The molecule has 0 saturated carbocycles. The van der Waals surface area contributed by atoms with Gasteiger partial charge < -0.3 is 9.72 Å². The summed E-state index contributed by atoms with van der Waals surface area (Å²) in [5.74, 6) is 0.701. The van der Waals surface area contributed by atoms with Gasteiger partial charge in [-0.15, -0.1) is 0 Å². The van der Waals surface area contributed by atoms with Crippen LogP contribution in [0.15, 0.2) is 59.8 Å². The van der Waals surface area contributed by atoms with E-state index in [1.54, 1.807) is 24.7 Å². The number of hydrogen-bond donors (Lipinski definition) is 1. The maximum absolute atomic E-state index is 11.7. The molecule has 0 atom stereocenters. The first kappa shape index (κ1) is 11.5. The van der Waals surface area contributed by atoms with Crippen LogP contribution in [-0.4, -0.2) is 9.97 Å². The van der Waals surface area contributed by atoms with E-state index < -0.39 is 0 Å². The Labute approximate surface area is 109 Å². The molecule has 19 heavy (non-hydrogen) atoms. The number of rotatable bonds is 3. The second kappa shape index (κ2) is 4.94. The summed E-state index contributed by atoms with van der Waals surface area (Å²) in [5, 5.41) is 1.45. The lowest BCUT2D eigenvalue weighted by atomic mass is 10.1. The normalized spacial score (nSPS) is 10.5. The van der Waals surface area contributed by atoms with Crippen LogP contribution in [0.3, 0.4) is 0 Å². The first-order chi connectivity index (χ1) is 9.34. The van der Waals surface area contributed by atoms with E-state index in [4.69, 9.17) is 4.74 Å². The molecule has 0 aliphatic carbocycles. The van der Waals surface area contributed by atoms with Gasteiger partial charge in [-0.05, 0) is 24.3 Å². The summed E-state index contributed by atoms with van der Waals surface area (Å²) in [6, 6.07) is 11.1. The molecular formula is C15H12N2O2. The number of hydrogen-bond acceptors (Lipinski definition) is 3. The molecular weight excluding hydrogens is 240 g/mol. The van der Waals surface area contributed by atoms with Gasteiger partial charge in [0.1, 0.15) is 12.4 Å². The summed E-state index contributed by atoms with van der Waals surface area (Å²) in [6.07, 6.45) is 5.11. The first-order valence-electron chi connectivity index (χ1n) is 5.97. The lowest BCUT2D eigenvalue weighted by Gasteiger charge is -2.08. The van der Waals surface area contributed by atoms with E-state index in [2.05, 4.69) is 9.97 Å². The van der Waals surface area contributed by atoms with Gasteiger partial charge in [-0.1, -0.05) is 12.1 Å².